The van der Waals surface area contributed by atoms with Crippen LogP contribution in [0, 0.1) is 11.3 Å². The number of nitrogen functional groups attached to an aromatic ring is 1. The molecule has 5 nitrogen and oxygen atoms in total. The van der Waals surface area contributed by atoms with Crippen LogP contribution in [0.1, 0.15) is 0 Å². The van der Waals surface area contributed by atoms with Crippen molar-refractivity contribution in [2.45, 2.75) is 0 Å². The minimum Gasteiger partial charge on any atom is -0.398 e. The molecule has 0 aliphatic carbocycles. The normalized spacial score (nSPS) is 10.7. The van der Waals surface area contributed by atoms with Gasteiger partial charge in [0.15, 0.2) is 5.75 Å². The van der Waals surface area contributed by atoms with Gasteiger partial charge in [0.25, 0.3) is 0 Å². The van der Waals surface area contributed by atoms with Crippen LogP contribution in [0.2, 0.25) is 0 Å². The molecule has 0 amide bonds. The number of sulfonamides is 1. The summed E-state index contributed by atoms with van der Waals surface area (Å²) >= 11 is 3.17. The third kappa shape index (κ3) is 3.42. The maximum Gasteiger partial charge on any atom is 0.246 e. The fraction of sp³-hybridized carbons (Fsp3) is 0.125. The molecule has 1 rings (SSSR count). The van der Waals surface area contributed by atoms with Gasteiger partial charge in [-0.1, -0.05) is 0 Å². The van der Waals surface area contributed by atoms with Crippen molar-refractivity contribution in [2.75, 3.05) is 16.2 Å². The van der Waals surface area contributed by atoms with Crippen molar-refractivity contribution in [1.82, 2.24) is 0 Å². The van der Waals surface area contributed by atoms with Crippen molar-refractivity contribution < 1.29 is 8.42 Å². The molecule has 0 spiro atoms. The van der Waals surface area contributed by atoms with Crippen LogP contribution in [0.3, 0.4) is 0 Å². The second-order valence-corrected chi connectivity index (χ2v) is 5.33. The Morgan fingerprint density at radius 2 is 2.20 bits per heavy atom. The fourth-order valence-electron chi connectivity index (χ4n) is 0.891. The van der Waals surface area contributed by atoms with Gasteiger partial charge < -0.3 is 5.73 Å². The Kier molecular flexibility index (Phi) is 3.55. The summed E-state index contributed by atoms with van der Waals surface area (Å²) in [5.74, 6) is -0.574. The summed E-state index contributed by atoms with van der Waals surface area (Å²) in [4.78, 5) is 0. The van der Waals surface area contributed by atoms with Crippen LogP contribution in [0.15, 0.2) is 22.7 Å². The summed E-state index contributed by atoms with van der Waals surface area (Å²) in [6.45, 7) is 0. The van der Waals surface area contributed by atoms with E-state index < -0.39 is 15.8 Å². The molecule has 1 aromatic carbocycles. The molecule has 80 valence electrons. The minimum atomic E-state index is -3.59. The number of nitrogens with zero attached hydrogens (tertiary/aromatic N) is 1. The van der Waals surface area contributed by atoms with E-state index in [1.807, 2.05) is 0 Å². The molecule has 0 saturated carbocycles. The predicted octanol–water partition coefficient (Wildman–Crippen LogP) is 1.30. The van der Waals surface area contributed by atoms with E-state index in [1.54, 1.807) is 12.1 Å². The molecule has 1 aromatic rings. The van der Waals surface area contributed by atoms with Crippen LogP contribution in [-0.2, 0) is 10.0 Å². The van der Waals surface area contributed by atoms with E-state index in [9.17, 15) is 8.42 Å². The molecule has 7 heteroatoms. The SMILES string of the molecule is N#CCS(=O)(=O)Nc1ccc(N)c(Br)c1. The number of nitrogens with one attached hydrogen (secondary N) is 1. The maximum atomic E-state index is 11.2. The molecule has 0 aromatic heterocycles. The number of nitriles is 1. The number of hydrogen-bond acceptors (Lipinski definition) is 4. The lowest BCUT2D eigenvalue weighted by molar-refractivity contribution is 0.604. The molecule has 0 saturated heterocycles. The first-order chi connectivity index (χ1) is 6.94. The van der Waals surface area contributed by atoms with Crippen molar-refractivity contribution in [3.05, 3.63) is 22.7 Å². The van der Waals surface area contributed by atoms with E-state index >= 15 is 0 Å². The Bertz CT molecular complexity index is 507. The first-order valence-corrected chi connectivity index (χ1v) is 6.31. The summed E-state index contributed by atoms with van der Waals surface area (Å²) in [5.41, 5.74) is 6.41. The lowest BCUT2D eigenvalue weighted by atomic mass is 10.3. The highest BCUT2D eigenvalue weighted by atomic mass is 79.9. The lowest BCUT2D eigenvalue weighted by Crippen LogP contribution is -2.15. The number of hydrogen-bond donors (Lipinski definition) is 2. The molecule has 0 radical (unpaired) electrons. The Hall–Kier alpha value is -1.26. The highest BCUT2D eigenvalue weighted by molar-refractivity contribution is 9.10. The zero-order valence-corrected chi connectivity index (χ0v) is 9.97. The van der Waals surface area contributed by atoms with Gasteiger partial charge >= 0.3 is 0 Å². The molecule has 15 heavy (non-hydrogen) atoms. The van der Waals surface area contributed by atoms with E-state index in [0.29, 0.717) is 15.8 Å². The van der Waals surface area contributed by atoms with Crippen molar-refractivity contribution in [3.8, 4) is 6.07 Å². The highest BCUT2D eigenvalue weighted by Gasteiger charge is 2.09. The van der Waals surface area contributed by atoms with Gasteiger partial charge in [0.05, 0.1) is 6.07 Å². The molecule has 0 atom stereocenters. The highest BCUT2D eigenvalue weighted by Crippen LogP contribution is 2.23. The quantitative estimate of drug-likeness (QED) is 0.820. The average Bonchev–Trinajstić information content (AvgIpc) is 2.10. The van der Waals surface area contributed by atoms with E-state index in [-0.39, 0.29) is 0 Å². The first-order valence-electron chi connectivity index (χ1n) is 3.87. The van der Waals surface area contributed by atoms with Gasteiger partial charge in [0, 0.05) is 15.8 Å². The van der Waals surface area contributed by atoms with Gasteiger partial charge in [-0.2, -0.15) is 5.26 Å². The molecular weight excluding hydrogens is 282 g/mol. The number of rotatable bonds is 3. The van der Waals surface area contributed by atoms with E-state index in [4.69, 9.17) is 11.0 Å². The Morgan fingerprint density at radius 3 is 2.73 bits per heavy atom. The van der Waals surface area contributed by atoms with Gasteiger partial charge in [-0.25, -0.2) is 8.42 Å². The molecule has 0 fully saturated rings. The molecule has 0 unspecified atom stereocenters. The molecular formula is C8H8BrN3O2S. The fourth-order valence-corrected chi connectivity index (χ4v) is 2.00. The molecule has 0 heterocycles. The predicted molar refractivity (Wildman–Crippen MR) is 61.6 cm³/mol. The second-order valence-electron chi connectivity index (χ2n) is 2.76. The van der Waals surface area contributed by atoms with Gasteiger partial charge in [-0.15, -0.1) is 0 Å². The monoisotopic (exact) mass is 289 g/mol. The molecule has 3 N–H and O–H groups in total. The standard InChI is InChI=1S/C8H8BrN3O2S/c9-7-5-6(1-2-8(7)11)12-15(13,14)4-3-10/h1-2,5,12H,4,11H2. The van der Waals surface area contributed by atoms with Gasteiger partial charge in [0.2, 0.25) is 10.0 Å². The zero-order valence-electron chi connectivity index (χ0n) is 7.57. The molecule has 0 aliphatic heterocycles. The Balaban J connectivity index is 2.92. The van der Waals surface area contributed by atoms with Crippen molar-refractivity contribution >= 4 is 37.3 Å². The van der Waals surface area contributed by atoms with Gasteiger partial charge in [-0.05, 0) is 34.1 Å². The third-order valence-corrected chi connectivity index (χ3v) is 3.27. The van der Waals surface area contributed by atoms with Gasteiger partial charge in [0.1, 0.15) is 0 Å². The van der Waals surface area contributed by atoms with Crippen LogP contribution >= 0.6 is 15.9 Å². The van der Waals surface area contributed by atoms with Crippen molar-refractivity contribution in [1.29, 1.82) is 5.26 Å². The third-order valence-electron chi connectivity index (χ3n) is 1.53. The average molecular weight is 290 g/mol. The van der Waals surface area contributed by atoms with Crippen LogP contribution in [0.4, 0.5) is 11.4 Å². The molecule has 0 aliphatic rings. The maximum absolute atomic E-state index is 11.2. The van der Waals surface area contributed by atoms with Crippen LogP contribution in [0.25, 0.3) is 0 Å². The van der Waals surface area contributed by atoms with E-state index in [1.165, 1.54) is 12.1 Å². The van der Waals surface area contributed by atoms with Crippen LogP contribution in [0.5, 0.6) is 0 Å². The van der Waals surface area contributed by atoms with E-state index in [0.717, 1.165) is 0 Å². The lowest BCUT2D eigenvalue weighted by Gasteiger charge is -2.06. The summed E-state index contributed by atoms with van der Waals surface area (Å²) < 4.78 is 25.3. The first kappa shape index (κ1) is 11.8. The van der Waals surface area contributed by atoms with Crippen LogP contribution < -0.4 is 10.5 Å². The molecule has 0 bridgehead atoms. The van der Waals surface area contributed by atoms with E-state index in [2.05, 4.69) is 20.7 Å². The second kappa shape index (κ2) is 4.51. The summed E-state index contributed by atoms with van der Waals surface area (Å²) in [7, 11) is -3.59. The van der Waals surface area contributed by atoms with Crippen LogP contribution in [-0.4, -0.2) is 14.2 Å². The number of halogens is 1. The Morgan fingerprint density at radius 1 is 1.53 bits per heavy atom. The van der Waals surface area contributed by atoms with Gasteiger partial charge in [-0.3, -0.25) is 4.72 Å². The minimum absolute atomic E-state index is 0.367. The van der Waals surface area contributed by atoms with Crippen molar-refractivity contribution in [2.24, 2.45) is 0 Å². The summed E-state index contributed by atoms with van der Waals surface area (Å²) in [6.07, 6.45) is 0. The Labute approximate surface area is 96.1 Å². The van der Waals surface area contributed by atoms with Crippen molar-refractivity contribution in [3.63, 3.8) is 0 Å². The zero-order chi connectivity index (χ0) is 11.5. The summed E-state index contributed by atoms with van der Waals surface area (Å²) in [6, 6.07) is 6.19. The summed E-state index contributed by atoms with van der Waals surface area (Å²) in [5, 5.41) is 8.28. The number of benzene rings is 1. The number of nitrogens with two attached hydrogens (primary N) is 1. The topological polar surface area (TPSA) is 96.0 Å². The smallest absolute Gasteiger partial charge is 0.246 e. The number of anilines is 2. The largest absolute Gasteiger partial charge is 0.398 e.